The Morgan fingerprint density at radius 3 is 2.43 bits per heavy atom. The van der Waals surface area contributed by atoms with Crippen molar-refractivity contribution in [1.82, 2.24) is 0 Å². The van der Waals surface area contributed by atoms with Crippen LogP contribution in [0.4, 0.5) is 0 Å². The minimum Gasteiger partial charge on any atom is -0.478 e. The Balaban J connectivity index is 3.05. The molecule has 0 amide bonds. The Labute approximate surface area is 124 Å². The van der Waals surface area contributed by atoms with E-state index in [4.69, 9.17) is 5.11 Å². The molecule has 1 aromatic rings. The highest BCUT2D eigenvalue weighted by atomic mass is 16.5. The smallest absolute Gasteiger partial charge is 0.334 e. The first-order chi connectivity index (χ1) is 9.95. The molecule has 0 spiro atoms. The number of carboxylic acid groups (broad SMARTS) is 1. The van der Waals surface area contributed by atoms with Crippen LogP contribution in [0.25, 0.3) is 6.08 Å². The molecule has 1 atom stereocenters. The number of ether oxygens (including phenoxy) is 1. The molecule has 4 nitrogen and oxygen atoms in total. The molecule has 0 saturated heterocycles. The van der Waals surface area contributed by atoms with Crippen molar-refractivity contribution in [3.8, 4) is 0 Å². The Hall–Kier alpha value is -2.62. The van der Waals surface area contributed by atoms with Crippen LogP contribution >= 0.6 is 0 Å². The number of carbonyl (C=O) groups is 2. The van der Waals surface area contributed by atoms with E-state index in [2.05, 4.69) is 11.3 Å². The number of aliphatic carboxylic acids is 1. The zero-order chi connectivity index (χ0) is 15.8. The molecular formula is C17H18O4. The first kappa shape index (κ1) is 16.4. The lowest BCUT2D eigenvalue weighted by atomic mass is 9.96. The molecule has 0 fully saturated rings. The monoisotopic (exact) mass is 286 g/mol. The zero-order valence-electron chi connectivity index (χ0n) is 12.1. The molecule has 0 saturated carbocycles. The summed E-state index contributed by atoms with van der Waals surface area (Å²) in [5.41, 5.74) is 1.27. The summed E-state index contributed by atoms with van der Waals surface area (Å²) < 4.78 is 4.64. The molecule has 1 unspecified atom stereocenters. The molecule has 0 aliphatic rings. The van der Waals surface area contributed by atoms with Gasteiger partial charge in [0, 0.05) is 17.1 Å². The van der Waals surface area contributed by atoms with Crippen LogP contribution in [0.1, 0.15) is 12.5 Å². The molecular weight excluding hydrogens is 268 g/mol. The number of carbonyl (C=O) groups excluding carboxylic acids is 1. The second-order valence-corrected chi connectivity index (χ2v) is 4.47. The SMILES string of the molecule is C=C(C(=O)OC)C(C=Cc1ccccc1)C=C(C)C(=O)O. The molecule has 0 bridgehead atoms. The molecule has 1 aromatic carbocycles. The number of benzene rings is 1. The van der Waals surface area contributed by atoms with Crippen LogP contribution in [-0.4, -0.2) is 24.2 Å². The lowest BCUT2D eigenvalue weighted by Crippen LogP contribution is -2.12. The fourth-order valence-corrected chi connectivity index (χ4v) is 1.66. The molecule has 110 valence electrons. The van der Waals surface area contributed by atoms with E-state index < -0.39 is 17.9 Å². The number of esters is 1. The molecule has 1 N–H and O–H groups in total. The van der Waals surface area contributed by atoms with Crippen LogP contribution in [0, 0.1) is 5.92 Å². The van der Waals surface area contributed by atoms with Gasteiger partial charge in [-0.05, 0) is 12.5 Å². The van der Waals surface area contributed by atoms with Gasteiger partial charge in [0.25, 0.3) is 0 Å². The Morgan fingerprint density at radius 2 is 1.90 bits per heavy atom. The van der Waals surface area contributed by atoms with Gasteiger partial charge in [0.1, 0.15) is 0 Å². The van der Waals surface area contributed by atoms with E-state index in [9.17, 15) is 9.59 Å². The number of methoxy groups -OCH3 is 1. The molecule has 0 heterocycles. The Morgan fingerprint density at radius 1 is 1.29 bits per heavy atom. The van der Waals surface area contributed by atoms with Crippen molar-refractivity contribution >= 4 is 18.0 Å². The topological polar surface area (TPSA) is 63.6 Å². The first-order valence-corrected chi connectivity index (χ1v) is 6.37. The molecule has 4 heteroatoms. The largest absolute Gasteiger partial charge is 0.478 e. The number of carboxylic acids is 1. The van der Waals surface area contributed by atoms with Crippen molar-refractivity contribution < 1.29 is 19.4 Å². The van der Waals surface area contributed by atoms with E-state index in [0.29, 0.717) is 0 Å². The van der Waals surface area contributed by atoms with Gasteiger partial charge in [-0.15, -0.1) is 0 Å². The predicted octanol–water partition coefficient (Wildman–Crippen LogP) is 3.08. The standard InChI is InChI=1S/C17H18O4/c1-12(16(18)19)11-15(13(2)17(20)21-3)10-9-14-7-5-4-6-8-14/h4-11,15H,2H2,1,3H3,(H,18,19). The maximum Gasteiger partial charge on any atom is 0.334 e. The van der Waals surface area contributed by atoms with Crippen molar-refractivity contribution in [2.24, 2.45) is 5.92 Å². The first-order valence-electron chi connectivity index (χ1n) is 6.37. The second kappa shape index (κ2) is 7.85. The van der Waals surface area contributed by atoms with Crippen molar-refractivity contribution in [2.45, 2.75) is 6.92 Å². The Bertz CT molecular complexity index is 582. The Kier molecular flexibility index (Phi) is 6.14. The van der Waals surface area contributed by atoms with E-state index in [1.165, 1.54) is 20.1 Å². The summed E-state index contributed by atoms with van der Waals surface area (Å²) in [5, 5.41) is 8.96. The summed E-state index contributed by atoms with van der Waals surface area (Å²) in [7, 11) is 1.26. The number of hydrogen-bond donors (Lipinski definition) is 1. The molecule has 0 radical (unpaired) electrons. The zero-order valence-corrected chi connectivity index (χ0v) is 12.1. The third-order valence-corrected chi connectivity index (χ3v) is 2.91. The molecule has 0 aromatic heterocycles. The highest BCUT2D eigenvalue weighted by Crippen LogP contribution is 2.18. The normalized spacial score (nSPS) is 13.0. The summed E-state index contributed by atoms with van der Waals surface area (Å²) in [5.74, 6) is -2.13. The third-order valence-electron chi connectivity index (χ3n) is 2.91. The van der Waals surface area contributed by atoms with E-state index in [1.807, 2.05) is 36.4 Å². The number of allylic oxidation sites excluding steroid dienone is 2. The van der Waals surface area contributed by atoms with Crippen molar-refractivity contribution in [3.63, 3.8) is 0 Å². The van der Waals surface area contributed by atoms with Gasteiger partial charge >= 0.3 is 11.9 Å². The van der Waals surface area contributed by atoms with Gasteiger partial charge in [-0.3, -0.25) is 0 Å². The van der Waals surface area contributed by atoms with Gasteiger partial charge in [0.05, 0.1) is 7.11 Å². The van der Waals surface area contributed by atoms with Crippen LogP contribution < -0.4 is 0 Å². The second-order valence-electron chi connectivity index (χ2n) is 4.47. The number of hydrogen-bond acceptors (Lipinski definition) is 3. The summed E-state index contributed by atoms with van der Waals surface area (Å²) >= 11 is 0. The highest BCUT2D eigenvalue weighted by Gasteiger charge is 2.16. The van der Waals surface area contributed by atoms with Gasteiger partial charge < -0.3 is 9.84 Å². The molecule has 1 rings (SSSR count). The maximum atomic E-state index is 11.6. The minimum absolute atomic E-state index is 0.141. The van der Waals surface area contributed by atoms with Crippen LogP contribution in [0.5, 0.6) is 0 Å². The maximum absolute atomic E-state index is 11.6. The quantitative estimate of drug-likeness (QED) is 0.645. The van der Waals surface area contributed by atoms with Gasteiger partial charge in [-0.25, -0.2) is 9.59 Å². The van der Waals surface area contributed by atoms with Crippen LogP contribution in [0.15, 0.2) is 60.2 Å². The predicted molar refractivity (Wildman–Crippen MR) is 81.5 cm³/mol. The van der Waals surface area contributed by atoms with E-state index in [-0.39, 0.29) is 11.1 Å². The average Bonchev–Trinajstić information content (AvgIpc) is 2.50. The number of rotatable bonds is 6. The van der Waals surface area contributed by atoms with Crippen molar-refractivity contribution in [3.05, 3.63) is 65.8 Å². The van der Waals surface area contributed by atoms with Crippen LogP contribution in [-0.2, 0) is 14.3 Å². The summed E-state index contributed by atoms with van der Waals surface area (Å²) in [4.78, 5) is 22.5. The lowest BCUT2D eigenvalue weighted by molar-refractivity contribution is -0.136. The fraction of sp³-hybridized carbons (Fsp3) is 0.176. The fourth-order valence-electron chi connectivity index (χ4n) is 1.66. The molecule has 0 aliphatic carbocycles. The summed E-state index contributed by atoms with van der Waals surface area (Å²) in [6, 6.07) is 9.49. The van der Waals surface area contributed by atoms with Crippen LogP contribution in [0.3, 0.4) is 0 Å². The van der Waals surface area contributed by atoms with Crippen molar-refractivity contribution in [2.75, 3.05) is 7.11 Å². The summed E-state index contributed by atoms with van der Waals surface area (Å²) in [6.45, 7) is 5.16. The average molecular weight is 286 g/mol. The van der Waals surface area contributed by atoms with Crippen LogP contribution in [0.2, 0.25) is 0 Å². The highest BCUT2D eigenvalue weighted by molar-refractivity contribution is 5.90. The van der Waals surface area contributed by atoms with Gasteiger partial charge in [0.15, 0.2) is 0 Å². The molecule has 21 heavy (non-hydrogen) atoms. The van der Waals surface area contributed by atoms with Gasteiger partial charge in [-0.1, -0.05) is 55.1 Å². The minimum atomic E-state index is -1.04. The van der Waals surface area contributed by atoms with E-state index in [1.54, 1.807) is 6.08 Å². The van der Waals surface area contributed by atoms with E-state index >= 15 is 0 Å². The van der Waals surface area contributed by atoms with Crippen molar-refractivity contribution in [1.29, 1.82) is 0 Å². The van der Waals surface area contributed by atoms with E-state index in [0.717, 1.165) is 5.56 Å². The third kappa shape index (κ3) is 5.10. The van der Waals surface area contributed by atoms with Gasteiger partial charge in [0.2, 0.25) is 0 Å². The lowest BCUT2D eigenvalue weighted by Gasteiger charge is -2.10. The molecule has 0 aliphatic heterocycles. The summed E-state index contributed by atoms with van der Waals surface area (Å²) in [6.07, 6.45) is 5.01. The van der Waals surface area contributed by atoms with Gasteiger partial charge in [-0.2, -0.15) is 0 Å².